The number of pyridine rings is 1. The lowest BCUT2D eigenvalue weighted by atomic mass is 10.1. The number of hydrogen-bond donors (Lipinski definition) is 0. The first-order chi connectivity index (χ1) is 9.56. The molecule has 0 amide bonds. The third-order valence-corrected chi connectivity index (χ3v) is 3.12. The zero-order chi connectivity index (χ0) is 14.7. The number of nitrogens with zero attached hydrogens (tertiary/aromatic N) is 1. The zero-order valence-electron chi connectivity index (χ0n) is 12.5. The van der Waals surface area contributed by atoms with Gasteiger partial charge in [0.2, 0.25) is 0 Å². The summed E-state index contributed by atoms with van der Waals surface area (Å²) in [6.07, 6.45) is 1.84. The highest BCUT2D eigenvalue weighted by Crippen LogP contribution is 2.31. The minimum absolute atomic E-state index is 0.00125. The molecule has 2 rings (SSSR count). The van der Waals surface area contributed by atoms with Crippen LogP contribution in [-0.4, -0.2) is 18.3 Å². The van der Waals surface area contributed by atoms with E-state index < -0.39 is 0 Å². The predicted molar refractivity (Wildman–Crippen MR) is 80.8 cm³/mol. The highest BCUT2D eigenvalue weighted by atomic mass is 16.5. The van der Waals surface area contributed by atoms with E-state index in [1.807, 2.05) is 19.2 Å². The molecule has 0 fully saturated rings. The van der Waals surface area contributed by atoms with Crippen LogP contribution in [0.25, 0.3) is 10.9 Å². The van der Waals surface area contributed by atoms with Gasteiger partial charge in [0, 0.05) is 30.3 Å². The summed E-state index contributed by atoms with van der Waals surface area (Å²) in [5.74, 6) is 1.77. The van der Waals surface area contributed by atoms with Crippen LogP contribution < -0.4 is 14.9 Å². The molecule has 4 nitrogen and oxygen atoms in total. The molecule has 0 unspecified atom stereocenters. The van der Waals surface area contributed by atoms with Gasteiger partial charge < -0.3 is 14.0 Å². The third kappa shape index (κ3) is 2.79. The molecule has 1 aromatic carbocycles. The second-order valence-corrected chi connectivity index (χ2v) is 5.18. The van der Waals surface area contributed by atoms with Gasteiger partial charge in [-0.25, -0.2) is 0 Å². The van der Waals surface area contributed by atoms with Gasteiger partial charge in [0.15, 0.2) is 16.9 Å². The van der Waals surface area contributed by atoms with Gasteiger partial charge in [0.25, 0.3) is 0 Å². The van der Waals surface area contributed by atoms with Crippen molar-refractivity contribution >= 4 is 10.9 Å². The van der Waals surface area contributed by atoms with Crippen molar-refractivity contribution in [3.63, 3.8) is 0 Å². The Balaban J connectivity index is 2.69. The maximum atomic E-state index is 12.0. The fraction of sp³-hybridized carbons (Fsp3) is 0.438. The molecule has 0 aliphatic rings. The van der Waals surface area contributed by atoms with Crippen LogP contribution in [0.5, 0.6) is 11.5 Å². The molecular weight excluding hydrogens is 254 g/mol. The van der Waals surface area contributed by atoms with Crippen LogP contribution >= 0.6 is 0 Å². The van der Waals surface area contributed by atoms with Crippen LogP contribution in [0.3, 0.4) is 0 Å². The number of aromatic nitrogens is 1. The minimum atomic E-state index is 0.00125. The van der Waals surface area contributed by atoms with Crippen molar-refractivity contribution < 1.29 is 9.47 Å². The average Bonchev–Trinajstić information content (AvgIpc) is 2.41. The highest BCUT2D eigenvalue weighted by molar-refractivity contribution is 5.83. The molecule has 0 saturated heterocycles. The third-order valence-electron chi connectivity index (χ3n) is 3.12. The second kappa shape index (κ2) is 5.99. The van der Waals surface area contributed by atoms with E-state index in [1.165, 1.54) is 0 Å². The summed E-state index contributed by atoms with van der Waals surface area (Å²) in [4.78, 5) is 12.0. The van der Waals surface area contributed by atoms with Gasteiger partial charge in [-0.3, -0.25) is 4.79 Å². The van der Waals surface area contributed by atoms with Crippen LogP contribution in [0, 0.1) is 5.92 Å². The summed E-state index contributed by atoms with van der Waals surface area (Å²) < 4.78 is 13.0. The maximum Gasteiger partial charge on any atom is 0.189 e. The van der Waals surface area contributed by atoms with Gasteiger partial charge in [0.05, 0.1) is 19.2 Å². The van der Waals surface area contributed by atoms with Crippen molar-refractivity contribution in [2.45, 2.75) is 27.3 Å². The molecule has 20 heavy (non-hydrogen) atoms. The topological polar surface area (TPSA) is 40.5 Å². The van der Waals surface area contributed by atoms with E-state index in [1.54, 1.807) is 19.2 Å². The number of methoxy groups -OCH3 is 1. The van der Waals surface area contributed by atoms with E-state index in [0.717, 1.165) is 12.1 Å². The van der Waals surface area contributed by atoms with Gasteiger partial charge in [-0.15, -0.1) is 0 Å². The van der Waals surface area contributed by atoms with Gasteiger partial charge in [0.1, 0.15) is 0 Å². The Kier molecular flexibility index (Phi) is 4.32. The molecule has 0 bridgehead atoms. The van der Waals surface area contributed by atoms with Gasteiger partial charge in [-0.05, 0) is 18.9 Å². The Hall–Kier alpha value is -1.97. The van der Waals surface area contributed by atoms with Crippen molar-refractivity contribution in [3.8, 4) is 11.5 Å². The number of ether oxygens (including phenoxy) is 2. The van der Waals surface area contributed by atoms with Crippen LogP contribution in [0.15, 0.2) is 29.2 Å². The van der Waals surface area contributed by atoms with Crippen molar-refractivity contribution in [1.82, 2.24) is 4.57 Å². The van der Waals surface area contributed by atoms with Gasteiger partial charge in [-0.2, -0.15) is 0 Å². The summed E-state index contributed by atoms with van der Waals surface area (Å²) >= 11 is 0. The first-order valence-corrected chi connectivity index (χ1v) is 6.90. The van der Waals surface area contributed by atoms with E-state index in [-0.39, 0.29) is 5.43 Å². The number of benzene rings is 1. The summed E-state index contributed by atoms with van der Waals surface area (Å²) in [6, 6.07) is 5.26. The fourth-order valence-corrected chi connectivity index (χ4v) is 2.29. The van der Waals surface area contributed by atoms with E-state index in [9.17, 15) is 4.79 Å². The molecule has 0 atom stereocenters. The molecule has 1 heterocycles. The van der Waals surface area contributed by atoms with Crippen LogP contribution in [0.4, 0.5) is 0 Å². The summed E-state index contributed by atoms with van der Waals surface area (Å²) in [5.41, 5.74) is 0.886. The lowest BCUT2D eigenvalue weighted by molar-refractivity contribution is 0.311. The SMILES string of the molecule is CCOc1cc2c(cc1OC)c(=O)ccn2CC(C)C. The fourth-order valence-electron chi connectivity index (χ4n) is 2.29. The van der Waals surface area contributed by atoms with Crippen molar-refractivity contribution in [1.29, 1.82) is 0 Å². The Morgan fingerprint density at radius 3 is 2.60 bits per heavy atom. The average molecular weight is 275 g/mol. The smallest absolute Gasteiger partial charge is 0.189 e. The van der Waals surface area contributed by atoms with Crippen molar-refractivity contribution in [3.05, 3.63) is 34.6 Å². The Bertz CT molecular complexity index is 659. The van der Waals surface area contributed by atoms with Crippen LogP contribution in [0.2, 0.25) is 0 Å². The molecule has 0 aliphatic heterocycles. The second-order valence-electron chi connectivity index (χ2n) is 5.18. The highest BCUT2D eigenvalue weighted by Gasteiger charge is 2.11. The van der Waals surface area contributed by atoms with E-state index in [2.05, 4.69) is 18.4 Å². The molecule has 1 aromatic heterocycles. The Morgan fingerprint density at radius 2 is 2.00 bits per heavy atom. The van der Waals surface area contributed by atoms with Crippen LogP contribution in [-0.2, 0) is 6.54 Å². The van der Waals surface area contributed by atoms with E-state index in [0.29, 0.717) is 29.4 Å². The van der Waals surface area contributed by atoms with Gasteiger partial charge in [-0.1, -0.05) is 13.8 Å². The number of hydrogen-bond acceptors (Lipinski definition) is 3. The standard InChI is InChI=1S/C16H21NO3/c1-5-20-16-9-13-12(8-15(16)19-4)14(18)6-7-17(13)10-11(2)3/h6-9,11H,5,10H2,1-4H3. The minimum Gasteiger partial charge on any atom is -0.493 e. The monoisotopic (exact) mass is 275 g/mol. The molecule has 0 spiro atoms. The molecule has 0 saturated carbocycles. The first-order valence-electron chi connectivity index (χ1n) is 6.90. The lowest BCUT2D eigenvalue weighted by Gasteiger charge is -2.16. The van der Waals surface area contributed by atoms with Gasteiger partial charge >= 0.3 is 0 Å². The summed E-state index contributed by atoms with van der Waals surface area (Å²) in [6.45, 7) is 7.64. The maximum absolute atomic E-state index is 12.0. The van der Waals surface area contributed by atoms with E-state index >= 15 is 0 Å². The molecule has 108 valence electrons. The zero-order valence-corrected chi connectivity index (χ0v) is 12.5. The molecule has 0 radical (unpaired) electrons. The number of fused-ring (bicyclic) bond motifs is 1. The van der Waals surface area contributed by atoms with Crippen molar-refractivity contribution in [2.24, 2.45) is 5.92 Å². The van der Waals surface area contributed by atoms with Crippen LogP contribution in [0.1, 0.15) is 20.8 Å². The van der Waals surface area contributed by atoms with E-state index in [4.69, 9.17) is 9.47 Å². The first kappa shape index (κ1) is 14.4. The molecule has 2 aromatic rings. The quantitative estimate of drug-likeness (QED) is 0.842. The summed E-state index contributed by atoms with van der Waals surface area (Å²) in [5, 5.41) is 0.661. The Labute approximate surface area is 118 Å². The Morgan fingerprint density at radius 1 is 1.25 bits per heavy atom. The molecule has 4 heteroatoms. The lowest BCUT2D eigenvalue weighted by Crippen LogP contribution is -2.11. The van der Waals surface area contributed by atoms with Crippen molar-refractivity contribution in [2.75, 3.05) is 13.7 Å². The predicted octanol–water partition coefficient (Wildman–Crippen LogP) is 3.06. The normalized spacial score (nSPS) is 11.1. The largest absolute Gasteiger partial charge is 0.493 e. The molecular formula is C16H21NO3. The molecule has 0 aliphatic carbocycles. The summed E-state index contributed by atoms with van der Waals surface area (Å²) in [7, 11) is 1.58. The molecule has 0 N–H and O–H groups in total. The number of rotatable bonds is 5.